The monoisotopic (exact) mass is 355 g/mol. The SMILES string of the molecule is Nc1ccc(N)c(/C=N/c2ccc(-c3cc4ccccc4oc3=O)cc2)c1. The standard InChI is InChI=1S/C22H17N3O2/c23-17-7-10-20(24)16(11-17)13-25-18-8-5-14(6-9-18)19-12-15-3-1-2-4-21(15)27-22(19)26/h1-13H,23-24H2/b25-13+. The molecule has 0 bridgehead atoms. The maximum Gasteiger partial charge on any atom is 0.344 e. The molecule has 0 amide bonds. The molecular formula is C22H17N3O2. The first kappa shape index (κ1) is 16.6. The van der Waals surface area contributed by atoms with E-state index in [1.54, 1.807) is 30.5 Å². The van der Waals surface area contributed by atoms with Gasteiger partial charge in [0.15, 0.2) is 0 Å². The molecule has 0 saturated heterocycles. The lowest BCUT2D eigenvalue weighted by Gasteiger charge is -2.04. The van der Waals surface area contributed by atoms with Crippen molar-refractivity contribution in [2.45, 2.75) is 0 Å². The molecule has 5 heteroatoms. The summed E-state index contributed by atoms with van der Waals surface area (Å²) >= 11 is 0. The molecule has 0 radical (unpaired) electrons. The summed E-state index contributed by atoms with van der Waals surface area (Å²) in [6.45, 7) is 0. The number of para-hydroxylation sites is 1. The van der Waals surface area contributed by atoms with E-state index in [0.717, 1.165) is 22.2 Å². The largest absolute Gasteiger partial charge is 0.422 e. The maximum atomic E-state index is 12.3. The van der Waals surface area contributed by atoms with E-state index >= 15 is 0 Å². The quantitative estimate of drug-likeness (QED) is 0.324. The molecule has 0 spiro atoms. The highest BCUT2D eigenvalue weighted by Gasteiger charge is 2.07. The Labute approximate surface area is 155 Å². The molecule has 1 aromatic heterocycles. The lowest BCUT2D eigenvalue weighted by molar-refractivity contribution is 0.563. The molecular weight excluding hydrogens is 338 g/mol. The summed E-state index contributed by atoms with van der Waals surface area (Å²) in [7, 11) is 0. The second-order valence-electron chi connectivity index (χ2n) is 6.18. The fourth-order valence-electron chi connectivity index (χ4n) is 2.84. The van der Waals surface area contributed by atoms with Gasteiger partial charge in [-0.15, -0.1) is 0 Å². The minimum atomic E-state index is -0.363. The van der Waals surface area contributed by atoms with Crippen molar-refractivity contribution >= 4 is 34.2 Å². The average molecular weight is 355 g/mol. The van der Waals surface area contributed by atoms with Crippen molar-refractivity contribution < 1.29 is 4.42 Å². The summed E-state index contributed by atoms with van der Waals surface area (Å²) < 4.78 is 5.40. The zero-order chi connectivity index (χ0) is 18.8. The second kappa shape index (κ2) is 6.80. The Hall–Kier alpha value is -3.86. The molecule has 0 saturated carbocycles. The number of nitrogens with zero attached hydrogens (tertiary/aromatic N) is 1. The van der Waals surface area contributed by atoms with Crippen molar-refractivity contribution in [3.05, 3.63) is 88.8 Å². The van der Waals surface area contributed by atoms with Crippen molar-refractivity contribution in [3.8, 4) is 11.1 Å². The Balaban J connectivity index is 1.64. The molecule has 4 rings (SSSR count). The van der Waals surface area contributed by atoms with Gasteiger partial charge in [-0.3, -0.25) is 4.99 Å². The van der Waals surface area contributed by atoms with E-state index < -0.39 is 0 Å². The minimum absolute atomic E-state index is 0.363. The highest BCUT2D eigenvalue weighted by Crippen LogP contribution is 2.24. The Morgan fingerprint density at radius 2 is 1.67 bits per heavy atom. The van der Waals surface area contributed by atoms with Crippen LogP contribution in [0.3, 0.4) is 0 Å². The summed E-state index contributed by atoms with van der Waals surface area (Å²) in [4.78, 5) is 16.7. The smallest absolute Gasteiger partial charge is 0.344 e. The van der Waals surface area contributed by atoms with Crippen LogP contribution in [0.2, 0.25) is 0 Å². The average Bonchev–Trinajstić information content (AvgIpc) is 2.68. The normalized spacial score (nSPS) is 11.3. The minimum Gasteiger partial charge on any atom is -0.422 e. The molecule has 0 fully saturated rings. The van der Waals surface area contributed by atoms with Gasteiger partial charge in [-0.05, 0) is 48.0 Å². The third kappa shape index (κ3) is 3.43. The van der Waals surface area contributed by atoms with Crippen molar-refractivity contribution in [2.24, 2.45) is 4.99 Å². The molecule has 3 aromatic carbocycles. The predicted octanol–water partition coefficient (Wildman–Crippen LogP) is 4.38. The van der Waals surface area contributed by atoms with E-state index in [2.05, 4.69) is 4.99 Å². The second-order valence-corrected chi connectivity index (χ2v) is 6.18. The van der Waals surface area contributed by atoms with Crippen molar-refractivity contribution in [1.82, 2.24) is 0 Å². The molecule has 4 aromatic rings. The zero-order valence-corrected chi connectivity index (χ0v) is 14.4. The number of rotatable bonds is 3. The Morgan fingerprint density at radius 1 is 0.889 bits per heavy atom. The van der Waals surface area contributed by atoms with Crippen LogP contribution in [0.25, 0.3) is 22.1 Å². The van der Waals surface area contributed by atoms with Gasteiger partial charge in [-0.2, -0.15) is 0 Å². The van der Waals surface area contributed by atoms with Crippen LogP contribution in [0, 0.1) is 0 Å². The van der Waals surface area contributed by atoms with Gasteiger partial charge in [0.2, 0.25) is 0 Å². The summed E-state index contributed by atoms with van der Waals surface area (Å²) in [5.41, 5.74) is 15.9. The molecule has 1 heterocycles. The Bertz CT molecular complexity index is 1210. The fraction of sp³-hybridized carbons (Fsp3) is 0. The molecule has 5 nitrogen and oxygen atoms in total. The predicted molar refractivity (Wildman–Crippen MR) is 110 cm³/mol. The van der Waals surface area contributed by atoms with Gasteiger partial charge in [0.1, 0.15) is 5.58 Å². The third-order valence-electron chi connectivity index (χ3n) is 4.28. The van der Waals surface area contributed by atoms with Crippen LogP contribution >= 0.6 is 0 Å². The van der Waals surface area contributed by atoms with E-state index in [1.165, 1.54) is 0 Å². The van der Waals surface area contributed by atoms with E-state index in [4.69, 9.17) is 15.9 Å². The van der Waals surface area contributed by atoms with Gasteiger partial charge < -0.3 is 15.9 Å². The van der Waals surface area contributed by atoms with Crippen LogP contribution < -0.4 is 17.1 Å². The zero-order valence-electron chi connectivity index (χ0n) is 14.4. The molecule has 0 aliphatic carbocycles. The molecule has 0 aliphatic rings. The molecule has 0 aliphatic heterocycles. The number of hydrogen-bond donors (Lipinski definition) is 2. The topological polar surface area (TPSA) is 94.6 Å². The first-order valence-corrected chi connectivity index (χ1v) is 8.42. The van der Waals surface area contributed by atoms with Crippen LogP contribution in [0.15, 0.2) is 87.0 Å². The van der Waals surface area contributed by atoms with Crippen molar-refractivity contribution in [3.63, 3.8) is 0 Å². The van der Waals surface area contributed by atoms with E-state index in [0.29, 0.717) is 22.5 Å². The lowest BCUT2D eigenvalue weighted by atomic mass is 10.1. The van der Waals surface area contributed by atoms with E-state index in [-0.39, 0.29) is 5.63 Å². The van der Waals surface area contributed by atoms with Crippen LogP contribution in [0.4, 0.5) is 17.1 Å². The first-order chi connectivity index (χ1) is 13.1. The molecule has 0 unspecified atom stereocenters. The molecule has 0 atom stereocenters. The summed E-state index contributed by atoms with van der Waals surface area (Å²) in [6, 6.07) is 21.9. The van der Waals surface area contributed by atoms with Crippen LogP contribution in [0.1, 0.15) is 5.56 Å². The molecule has 4 N–H and O–H groups in total. The van der Waals surface area contributed by atoms with Gasteiger partial charge in [0.25, 0.3) is 0 Å². The summed E-state index contributed by atoms with van der Waals surface area (Å²) in [5.74, 6) is 0. The Kier molecular flexibility index (Phi) is 4.18. The van der Waals surface area contributed by atoms with Crippen LogP contribution in [-0.4, -0.2) is 6.21 Å². The lowest BCUT2D eigenvalue weighted by Crippen LogP contribution is -2.02. The first-order valence-electron chi connectivity index (χ1n) is 8.42. The van der Waals surface area contributed by atoms with Gasteiger partial charge in [-0.1, -0.05) is 30.3 Å². The number of anilines is 2. The number of benzene rings is 3. The van der Waals surface area contributed by atoms with Gasteiger partial charge in [-0.25, -0.2) is 4.79 Å². The number of fused-ring (bicyclic) bond motifs is 1. The van der Waals surface area contributed by atoms with Crippen molar-refractivity contribution in [1.29, 1.82) is 0 Å². The molecule has 132 valence electrons. The van der Waals surface area contributed by atoms with E-state index in [9.17, 15) is 4.79 Å². The Morgan fingerprint density at radius 3 is 2.48 bits per heavy atom. The van der Waals surface area contributed by atoms with Gasteiger partial charge in [0, 0.05) is 28.5 Å². The third-order valence-corrected chi connectivity index (χ3v) is 4.28. The number of hydrogen-bond acceptors (Lipinski definition) is 5. The van der Waals surface area contributed by atoms with Crippen molar-refractivity contribution in [2.75, 3.05) is 11.5 Å². The number of aliphatic imine (C=N–C) groups is 1. The number of nitrogens with two attached hydrogens (primary N) is 2. The summed E-state index contributed by atoms with van der Waals surface area (Å²) in [6.07, 6.45) is 1.67. The summed E-state index contributed by atoms with van der Waals surface area (Å²) in [5, 5.41) is 0.881. The maximum absolute atomic E-state index is 12.3. The molecule has 27 heavy (non-hydrogen) atoms. The highest BCUT2D eigenvalue weighted by molar-refractivity contribution is 5.90. The van der Waals surface area contributed by atoms with E-state index in [1.807, 2.05) is 48.5 Å². The van der Waals surface area contributed by atoms with Gasteiger partial charge in [0.05, 0.1) is 11.3 Å². The number of nitrogen functional groups attached to an aromatic ring is 2. The van der Waals surface area contributed by atoms with Crippen LogP contribution in [0.5, 0.6) is 0 Å². The highest BCUT2D eigenvalue weighted by atomic mass is 16.4. The van der Waals surface area contributed by atoms with Gasteiger partial charge >= 0.3 is 5.63 Å². The fourth-order valence-corrected chi connectivity index (χ4v) is 2.84. The van der Waals surface area contributed by atoms with Crippen LogP contribution in [-0.2, 0) is 0 Å².